The number of aryl methyl sites for hydroxylation is 1. The Labute approximate surface area is 165 Å². The quantitative estimate of drug-likeness (QED) is 0.239. The number of fused-ring (bicyclic) bond motifs is 4. The van der Waals surface area contributed by atoms with Gasteiger partial charge in [-0.05, 0) is 46.8 Å². The number of hydrogen-bond acceptors (Lipinski definition) is 0. The molecule has 1 aromatic heterocycles. The lowest BCUT2D eigenvalue weighted by Gasteiger charge is -2.13. The standard InChI is InChI=1S/C26H21FN/c1-16-13-18-7-4-5-8-19(18)15-23(16)26-22-12-11-21-20(9-6-10-25(21)27)24(22)14-17(2)28(26)3/h4-15H,1-3H3/q+1/i14D. The first-order valence-electron chi connectivity index (χ1n) is 9.97. The van der Waals surface area contributed by atoms with Gasteiger partial charge in [0.05, 0.1) is 12.3 Å². The number of halogens is 1. The van der Waals surface area contributed by atoms with Crippen molar-refractivity contribution >= 4 is 32.3 Å². The molecule has 5 rings (SSSR count). The van der Waals surface area contributed by atoms with Gasteiger partial charge in [-0.1, -0.05) is 48.5 Å². The smallest absolute Gasteiger partial charge is 0.206 e. The van der Waals surface area contributed by atoms with E-state index in [0.717, 1.165) is 33.1 Å². The number of hydrogen-bond donors (Lipinski definition) is 0. The van der Waals surface area contributed by atoms with Crippen LogP contribution >= 0.6 is 0 Å². The van der Waals surface area contributed by atoms with Crippen LogP contribution in [0.15, 0.2) is 72.8 Å². The minimum Gasteiger partial charge on any atom is -0.206 e. The number of rotatable bonds is 1. The van der Waals surface area contributed by atoms with Crippen molar-refractivity contribution in [1.29, 1.82) is 0 Å². The summed E-state index contributed by atoms with van der Waals surface area (Å²) in [6, 6.07) is 22.1. The molecule has 0 aliphatic heterocycles. The second-order valence-corrected chi connectivity index (χ2v) is 7.46. The first-order valence-corrected chi connectivity index (χ1v) is 9.47. The number of aromatic nitrogens is 1. The van der Waals surface area contributed by atoms with Gasteiger partial charge >= 0.3 is 0 Å². The van der Waals surface area contributed by atoms with Crippen molar-refractivity contribution in [3.8, 4) is 11.3 Å². The summed E-state index contributed by atoms with van der Waals surface area (Å²) in [5, 5.41) is 5.52. The summed E-state index contributed by atoms with van der Waals surface area (Å²) in [5.74, 6) is -0.252. The average Bonchev–Trinajstić information content (AvgIpc) is 2.72. The van der Waals surface area contributed by atoms with Gasteiger partial charge in [-0.3, -0.25) is 0 Å². The van der Waals surface area contributed by atoms with Crippen LogP contribution in [0.5, 0.6) is 0 Å². The molecule has 1 nitrogen and oxygen atoms in total. The summed E-state index contributed by atoms with van der Waals surface area (Å²) >= 11 is 0. The summed E-state index contributed by atoms with van der Waals surface area (Å²) in [7, 11) is 2.01. The summed E-state index contributed by atoms with van der Waals surface area (Å²) in [4.78, 5) is 0. The van der Waals surface area contributed by atoms with Crippen molar-refractivity contribution in [2.45, 2.75) is 13.8 Å². The molecule has 0 amide bonds. The third-order valence-corrected chi connectivity index (χ3v) is 5.76. The molecule has 0 aliphatic carbocycles. The Bertz CT molecular complexity index is 1450. The largest absolute Gasteiger partial charge is 0.220 e. The van der Waals surface area contributed by atoms with E-state index in [1.165, 1.54) is 22.4 Å². The minimum atomic E-state index is -0.252. The second kappa shape index (κ2) is 6.13. The molecule has 0 radical (unpaired) electrons. The van der Waals surface area contributed by atoms with Crippen LogP contribution in [-0.2, 0) is 7.05 Å². The minimum absolute atomic E-state index is 0.252. The average molecular weight is 367 g/mol. The fourth-order valence-electron chi connectivity index (χ4n) is 4.20. The molecule has 0 spiro atoms. The van der Waals surface area contributed by atoms with Crippen LogP contribution in [0.2, 0.25) is 0 Å². The second-order valence-electron chi connectivity index (χ2n) is 7.46. The van der Waals surface area contributed by atoms with Crippen molar-refractivity contribution in [1.82, 2.24) is 0 Å². The highest BCUT2D eigenvalue weighted by Crippen LogP contribution is 2.35. The fourth-order valence-corrected chi connectivity index (χ4v) is 4.20. The maximum atomic E-state index is 14.4. The van der Waals surface area contributed by atoms with Crippen molar-refractivity contribution in [3.63, 3.8) is 0 Å². The Morgan fingerprint density at radius 2 is 1.50 bits per heavy atom. The summed E-state index contributed by atoms with van der Waals surface area (Å²) in [5.41, 5.74) is 4.23. The molecule has 0 unspecified atom stereocenters. The van der Waals surface area contributed by atoms with Gasteiger partial charge in [0.15, 0.2) is 5.69 Å². The first kappa shape index (κ1) is 15.8. The molecule has 0 atom stereocenters. The summed E-state index contributed by atoms with van der Waals surface area (Å²) < 4.78 is 25.3. The van der Waals surface area contributed by atoms with Crippen LogP contribution in [0.1, 0.15) is 12.6 Å². The zero-order chi connectivity index (χ0) is 20.3. The van der Waals surface area contributed by atoms with Crippen molar-refractivity contribution in [2.75, 3.05) is 0 Å². The van der Waals surface area contributed by atoms with Crippen molar-refractivity contribution in [2.24, 2.45) is 7.05 Å². The predicted octanol–water partition coefficient (Wildman–Crippen LogP) is 6.39. The molecule has 4 aromatic carbocycles. The third-order valence-electron chi connectivity index (χ3n) is 5.76. The highest BCUT2D eigenvalue weighted by molar-refractivity contribution is 6.11. The third kappa shape index (κ3) is 2.41. The van der Waals surface area contributed by atoms with Crippen LogP contribution in [0, 0.1) is 19.7 Å². The molecule has 0 N–H and O–H groups in total. The zero-order valence-electron chi connectivity index (χ0n) is 17.2. The molecule has 0 fully saturated rings. The Morgan fingerprint density at radius 3 is 2.29 bits per heavy atom. The van der Waals surface area contributed by atoms with Gasteiger partial charge in [-0.2, -0.15) is 4.57 Å². The van der Waals surface area contributed by atoms with E-state index >= 15 is 0 Å². The van der Waals surface area contributed by atoms with Crippen molar-refractivity contribution in [3.05, 3.63) is 89.8 Å². The highest BCUT2D eigenvalue weighted by atomic mass is 19.1. The van der Waals surface area contributed by atoms with E-state index in [4.69, 9.17) is 1.37 Å². The molecule has 1 heterocycles. The van der Waals surface area contributed by atoms with Crippen molar-refractivity contribution < 1.29 is 10.3 Å². The zero-order valence-corrected chi connectivity index (χ0v) is 16.2. The predicted molar refractivity (Wildman–Crippen MR) is 115 cm³/mol. The van der Waals surface area contributed by atoms with E-state index in [1.807, 2.05) is 38.2 Å². The van der Waals surface area contributed by atoms with Crippen LogP contribution in [-0.4, -0.2) is 0 Å². The Balaban J connectivity index is 1.98. The van der Waals surface area contributed by atoms with E-state index in [9.17, 15) is 4.39 Å². The molecule has 28 heavy (non-hydrogen) atoms. The lowest BCUT2D eigenvalue weighted by molar-refractivity contribution is -0.665. The summed E-state index contributed by atoms with van der Waals surface area (Å²) in [6.45, 7) is 4.08. The maximum Gasteiger partial charge on any atom is 0.220 e. The SMILES string of the molecule is [2H]c1c(C)[n+](C)c(-c2cc3ccccc3cc2C)c2ccc3c(F)cccc3c12. The molecule has 0 aliphatic rings. The van der Waals surface area contributed by atoms with Gasteiger partial charge in [0.1, 0.15) is 12.9 Å². The van der Waals surface area contributed by atoms with Gasteiger partial charge < -0.3 is 0 Å². The van der Waals surface area contributed by atoms with Crippen LogP contribution in [0.25, 0.3) is 43.6 Å². The van der Waals surface area contributed by atoms with Crippen LogP contribution in [0.3, 0.4) is 0 Å². The van der Waals surface area contributed by atoms with E-state index in [0.29, 0.717) is 11.4 Å². The molecule has 136 valence electrons. The van der Waals surface area contributed by atoms with Gasteiger partial charge in [0, 0.05) is 23.7 Å². The molecule has 0 saturated heterocycles. The summed E-state index contributed by atoms with van der Waals surface area (Å²) in [6.07, 6.45) is 0. The van der Waals surface area contributed by atoms with Gasteiger partial charge in [-0.15, -0.1) is 0 Å². The normalized spacial score (nSPS) is 12.1. The molecule has 5 aromatic rings. The number of nitrogens with zero attached hydrogens (tertiary/aromatic N) is 1. The maximum absolute atomic E-state index is 14.4. The van der Waals surface area contributed by atoms with Crippen LogP contribution < -0.4 is 4.57 Å². The molecular weight excluding hydrogens is 345 g/mol. The van der Waals surface area contributed by atoms with Gasteiger partial charge in [0.2, 0.25) is 5.69 Å². The van der Waals surface area contributed by atoms with E-state index in [2.05, 4.69) is 41.8 Å². The van der Waals surface area contributed by atoms with Gasteiger partial charge in [-0.25, -0.2) is 4.39 Å². The molecule has 0 saturated carbocycles. The molecule has 2 heteroatoms. The Kier molecular flexibility index (Phi) is 3.45. The number of benzene rings is 4. The Morgan fingerprint density at radius 1 is 0.786 bits per heavy atom. The van der Waals surface area contributed by atoms with E-state index in [-0.39, 0.29) is 5.82 Å². The lowest BCUT2D eigenvalue weighted by Crippen LogP contribution is -2.35. The Hall–Kier alpha value is -3.26. The lowest BCUT2D eigenvalue weighted by atomic mass is 9.93. The fraction of sp³-hybridized carbons (Fsp3) is 0.115. The highest BCUT2D eigenvalue weighted by Gasteiger charge is 2.21. The molecular formula is C26H21FN+. The van der Waals surface area contributed by atoms with Crippen LogP contribution in [0.4, 0.5) is 4.39 Å². The number of pyridine rings is 1. The van der Waals surface area contributed by atoms with E-state index in [1.54, 1.807) is 6.07 Å². The topological polar surface area (TPSA) is 3.88 Å². The first-order chi connectivity index (χ1) is 14.0. The monoisotopic (exact) mass is 367 g/mol. The van der Waals surface area contributed by atoms with Gasteiger partial charge in [0.25, 0.3) is 0 Å². The van der Waals surface area contributed by atoms with E-state index < -0.39 is 0 Å². The molecule has 0 bridgehead atoms.